The van der Waals surface area contributed by atoms with E-state index in [4.69, 9.17) is 0 Å². The largest absolute Gasteiger partial charge is 0.313 e. The Balaban J connectivity index is 2.57. The highest BCUT2D eigenvalue weighted by Gasteiger charge is 2.02. The van der Waals surface area contributed by atoms with Gasteiger partial charge in [-0.25, -0.2) is 0 Å². The summed E-state index contributed by atoms with van der Waals surface area (Å²) in [7, 11) is 0. The molecule has 1 heterocycles. The smallest absolute Gasteiger partial charge is 0.0170 e. The molecule has 0 aromatic carbocycles. The molecule has 0 unspecified atom stereocenters. The average molecular weight is 223 g/mol. The fraction of sp³-hybridized carbons (Fsp3) is 0.538. The molecular formula is C13H21NS. The summed E-state index contributed by atoms with van der Waals surface area (Å²) >= 11 is 1.76. The van der Waals surface area contributed by atoms with Gasteiger partial charge in [-0.2, -0.15) is 11.3 Å². The zero-order valence-electron chi connectivity index (χ0n) is 9.92. The van der Waals surface area contributed by atoms with Gasteiger partial charge in [-0.1, -0.05) is 32.4 Å². The van der Waals surface area contributed by atoms with Crippen LogP contribution in [-0.4, -0.2) is 13.1 Å². The van der Waals surface area contributed by atoms with Crippen LogP contribution in [0.2, 0.25) is 0 Å². The monoisotopic (exact) mass is 223 g/mol. The van der Waals surface area contributed by atoms with E-state index in [-0.39, 0.29) is 0 Å². The molecule has 0 saturated heterocycles. The lowest BCUT2D eigenvalue weighted by atomic mass is 10.0. The van der Waals surface area contributed by atoms with Crippen LogP contribution in [0.25, 0.3) is 6.08 Å². The molecule has 0 saturated carbocycles. The van der Waals surface area contributed by atoms with Gasteiger partial charge in [0.25, 0.3) is 0 Å². The zero-order chi connectivity index (χ0) is 11.1. The molecule has 0 aliphatic rings. The van der Waals surface area contributed by atoms with Crippen LogP contribution in [-0.2, 0) is 0 Å². The van der Waals surface area contributed by atoms with Gasteiger partial charge in [0.2, 0.25) is 0 Å². The van der Waals surface area contributed by atoms with E-state index in [1.165, 1.54) is 17.6 Å². The van der Waals surface area contributed by atoms with Gasteiger partial charge >= 0.3 is 0 Å². The standard InChI is InChI=1S/C13H21NS/c1-4-6-14-9-13(11(2)3)8-12-5-7-15-10-12/h5,7-8,10-11,14H,4,6,9H2,1-3H3. The molecule has 1 aromatic rings. The van der Waals surface area contributed by atoms with Crippen LogP contribution in [0, 0.1) is 5.92 Å². The Morgan fingerprint density at radius 3 is 2.87 bits per heavy atom. The molecule has 0 atom stereocenters. The molecule has 0 radical (unpaired) electrons. The average Bonchev–Trinajstić information content (AvgIpc) is 2.69. The van der Waals surface area contributed by atoms with Crippen LogP contribution in [0.3, 0.4) is 0 Å². The molecule has 1 aromatic heterocycles. The van der Waals surface area contributed by atoms with Gasteiger partial charge in [-0.15, -0.1) is 0 Å². The van der Waals surface area contributed by atoms with Crippen molar-refractivity contribution in [2.75, 3.05) is 13.1 Å². The van der Waals surface area contributed by atoms with Crippen molar-refractivity contribution in [3.63, 3.8) is 0 Å². The predicted molar refractivity (Wildman–Crippen MR) is 70.3 cm³/mol. The molecule has 0 fully saturated rings. The third kappa shape index (κ3) is 4.63. The molecule has 1 rings (SSSR count). The van der Waals surface area contributed by atoms with Crippen LogP contribution in [0.1, 0.15) is 32.8 Å². The van der Waals surface area contributed by atoms with Gasteiger partial charge < -0.3 is 5.32 Å². The Morgan fingerprint density at radius 2 is 2.33 bits per heavy atom. The summed E-state index contributed by atoms with van der Waals surface area (Å²) in [4.78, 5) is 0. The molecule has 0 aliphatic heterocycles. The van der Waals surface area contributed by atoms with E-state index in [0.29, 0.717) is 5.92 Å². The Hall–Kier alpha value is -0.600. The van der Waals surface area contributed by atoms with Crippen LogP contribution in [0.5, 0.6) is 0 Å². The number of hydrogen-bond acceptors (Lipinski definition) is 2. The van der Waals surface area contributed by atoms with Crippen molar-refractivity contribution in [2.45, 2.75) is 27.2 Å². The molecule has 0 aliphatic carbocycles. The van der Waals surface area contributed by atoms with Gasteiger partial charge in [-0.3, -0.25) is 0 Å². The maximum Gasteiger partial charge on any atom is 0.0170 e. The first-order valence-electron chi connectivity index (χ1n) is 5.67. The minimum Gasteiger partial charge on any atom is -0.313 e. The lowest BCUT2D eigenvalue weighted by Crippen LogP contribution is -2.19. The Kier molecular flexibility index (Phi) is 5.66. The first-order valence-corrected chi connectivity index (χ1v) is 6.61. The Morgan fingerprint density at radius 1 is 1.53 bits per heavy atom. The van der Waals surface area contributed by atoms with E-state index in [0.717, 1.165) is 13.1 Å². The van der Waals surface area contributed by atoms with Crippen molar-refractivity contribution in [3.8, 4) is 0 Å². The lowest BCUT2D eigenvalue weighted by molar-refractivity contribution is 0.657. The molecule has 0 amide bonds. The quantitative estimate of drug-likeness (QED) is 0.724. The van der Waals surface area contributed by atoms with Crippen molar-refractivity contribution in [2.24, 2.45) is 5.92 Å². The summed E-state index contributed by atoms with van der Waals surface area (Å²) in [6.07, 6.45) is 3.51. The van der Waals surface area contributed by atoms with Crippen LogP contribution < -0.4 is 5.32 Å². The summed E-state index contributed by atoms with van der Waals surface area (Å²) in [5.74, 6) is 0.620. The number of rotatable bonds is 6. The topological polar surface area (TPSA) is 12.0 Å². The third-order valence-electron chi connectivity index (χ3n) is 2.39. The van der Waals surface area contributed by atoms with E-state index in [1.54, 1.807) is 11.3 Å². The minimum atomic E-state index is 0.620. The van der Waals surface area contributed by atoms with Gasteiger partial charge in [0, 0.05) is 6.54 Å². The Bertz CT molecular complexity index is 285. The number of thiophene rings is 1. The van der Waals surface area contributed by atoms with Crippen molar-refractivity contribution in [1.82, 2.24) is 5.32 Å². The summed E-state index contributed by atoms with van der Waals surface area (Å²) in [6, 6.07) is 2.17. The normalized spacial score (nSPS) is 12.4. The SMILES string of the molecule is CCCNCC(=Cc1ccsc1)C(C)C. The second-order valence-electron chi connectivity index (χ2n) is 4.11. The minimum absolute atomic E-state index is 0.620. The molecule has 0 bridgehead atoms. The molecule has 2 heteroatoms. The van der Waals surface area contributed by atoms with E-state index in [9.17, 15) is 0 Å². The highest BCUT2D eigenvalue weighted by atomic mass is 32.1. The summed E-state index contributed by atoms with van der Waals surface area (Å²) < 4.78 is 0. The van der Waals surface area contributed by atoms with Gasteiger partial charge in [0.15, 0.2) is 0 Å². The third-order valence-corrected chi connectivity index (χ3v) is 3.09. The van der Waals surface area contributed by atoms with Gasteiger partial charge in [0.05, 0.1) is 0 Å². The molecule has 1 nitrogen and oxygen atoms in total. The fourth-order valence-electron chi connectivity index (χ4n) is 1.40. The van der Waals surface area contributed by atoms with Crippen molar-refractivity contribution < 1.29 is 0 Å². The van der Waals surface area contributed by atoms with Crippen LogP contribution in [0.15, 0.2) is 22.4 Å². The second kappa shape index (κ2) is 6.81. The van der Waals surface area contributed by atoms with E-state index in [2.05, 4.69) is 49.0 Å². The molecule has 1 N–H and O–H groups in total. The maximum absolute atomic E-state index is 3.46. The first kappa shape index (κ1) is 12.5. The highest BCUT2D eigenvalue weighted by molar-refractivity contribution is 7.08. The molecule has 15 heavy (non-hydrogen) atoms. The maximum atomic E-state index is 3.46. The summed E-state index contributed by atoms with van der Waals surface area (Å²) in [5.41, 5.74) is 2.82. The summed E-state index contributed by atoms with van der Waals surface area (Å²) in [5, 5.41) is 7.79. The van der Waals surface area contributed by atoms with Gasteiger partial charge in [0.1, 0.15) is 0 Å². The second-order valence-corrected chi connectivity index (χ2v) is 4.89. The number of nitrogens with one attached hydrogen (secondary N) is 1. The molecular weight excluding hydrogens is 202 g/mol. The first-order chi connectivity index (χ1) is 7.24. The van der Waals surface area contributed by atoms with E-state index < -0.39 is 0 Å². The summed E-state index contributed by atoms with van der Waals surface area (Å²) in [6.45, 7) is 8.83. The van der Waals surface area contributed by atoms with E-state index >= 15 is 0 Å². The predicted octanol–water partition coefficient (Wildman–Crippen LogP) is 3.79. The fourth-order valence-corrected chi connectivity index (χ4v) is 2.02. The van der Waals surface area contributed by atoms with Crippen LogP contribution >= 0.6 is 11.3 Å². The lowest BCUT2D eigenvalue weighted by Gasteiger charge is -2.12. The number of hydrogen-bond donors (Lipinski definition) is 1. The zero-order valence-corrected chi connectivity index (χ0v) is 10.7. The Labute approximate surface area is 97.2 Å². The van der Waals surface area contributed by atoms with Crippen molar-refractivity contribution in [3.05, 3.63) is 28.0 Å². The van der Waals surface area contributed by atoms with E-state index in [1.807, 2.05) is 0 Å². The van der Waals surface area contributed by atoms with Crippen LogP contribution in [0.4, 0.5) is 0 Å². The van der Waals surface area contributed by atoms with Gasteiger partial charge in [-0.05, 0) is 41.3 Å². The van der Waals surface area contributed by atoms with Crippen molar-refractivity contribution in [1.29, 1.82) is 0 Å². The molecule has 84 valence electrons. The highest BCUT2D eigenvalue weighted by Crippen LogP contribution is 2.16. The van der Waals surface area contributed by atoms with Crippen molar-refractivity contribution >= 4 is 17.4 Å². The molecule has 0 spiro atoms.